The van der Waals surface area contributed by atoms with Crippen LogP contribution < -0.4 is 4.74 Å². The van der Waals surface area contributed by atoms with Crippen LogP contribution in [0.2, 0.25) is 0 Å². The van der Waals surface area contributed by atoms with Crippen LogP contribution in [0.15, 0.2) is 29.2 Å². The molecular weight excluding hydrogens is 550 g/mol. The van der Waals surface area contributed by atoms with Crippen molar-refractivity contribution < 1.29 is 28.9 Å². The lowest BCUT2D eigenvalue weighted by atomic mass is 10.1. The minimum Gasteiger partial charge on any atom is -0.480 e. The molecule has 42 heavy (non-hydrogen) atoms. The standard InChI is InChI=1S/C34H49NO6S/c1-5-7-8-9-10-11-12-13-14-15-16-17-20-31(30(36)19-18-21-32(37)41-6-2)42-27-23-22-26-24-28(34(38)40-4)33(39-3)35-29(26)25-27/h22-25,30-31,36H,5-16,18-19,21H2,1-4H3/t30-,31+/m0/s1. The first-order valence-corrected chi connectivity index (χ1v) is 16.4. The number of thioether (sulfide) groups is 1. The maximum atomic E-state index is 12.1. The fourth-order valence-electron chi connectivity index (χ4n) is 4.68. The van der Waals surface area contributed by atoms with Gasteiger partial charge in [-0.15, -0.1) is 17.7 Å². The summed E-state index contributed by atoms with van der Waals surface area (Å²) in [5, 5.41) is 11.5. The molecule has 232 valence electrons. The normalized spacial score (nSPS) is 12.3. The quantitative estimate of drug-likeness (QED) is 0.0710. The van der Waals surface area contributed by atoms with E-state index in [2.05, 4.69) is 23.7 Å². The smallest absolute Gasteiger partial charge is 0.343 e. The van der Waals surface area contributed by atoms with Crippen molar-refractivity contribution in [3.05, 3.63) is 29.8 Å². The fourth-order valence-corrected chi connectivity index (χ4v) is 5.73. The number of ether oxygens (including phenoxy) is 3. The van der Waals surface area contributed by atoms with Crippen LogP contribution in [-0.4, -0.2) is 54.2 Å². The van der Waals surface area contributed by atoms with Crippen LogP contribution in [0, 0.1) is 11.8 Å². The molecule has 7 nitrogen and oxygen atoms in total. The number of esters is 2. The second-order valence-electron chi connectivity index (χ2n) is 10.4. The van der Waals surface area contributed by atoms with Gasteiger partial charge in [-0.05, 0) is 44.4 Å². The first-order valence-electron chi connectivity index (χ1n) is 15.5. The van der Waals surface area contributed by atoms with Crippen LogP contribution in [-0.2, 0) is 14.3 Å². The number of pyridine rings is 1. The number of aromatic nitrogens is 1. The second-order valence-corrected chi connectivity index (χ2v) is 11.7. The van der Waals surface area contributed by atoms with Gasteiger partial charge in [-0.1, -0.05) is 76.7 Å². The van der Waals surface area contributed by atoms with E-state index in [0.29, 0.717) is 25.0 Å². The summed E-state index contributed by atoms with van der Waals surface area (Å²) in [6.07, 6.45) is 14.1. The Kier molecular flexibility index (Phi) is 17.7. The lowest BCUT2D eigenvalue weighted by Crippen LogP contribution is -2.22. The molecule has 0 unspecified atom stereocenters. The van der Waals surface area contributed by atoms with Gasteiger partial charge >= 0.3 is 11.9 Å². The number of aliphatic hydroxyl groups excluding tert-OH is 1. The summed E-state index contributed by atoms with van der Waals surface area (Å²) in [6, 6.07) is 7.43. The number of unbranched alkanes of at least 4 members (excludes halogenated alkanes) is 10. The van der Waals surface area contributed by atoms with Crippen molar-refractivity contribution in [3.8, 4) is 17.7 Å². The minimum absolute atomic E-state index is 0.198. The van der Waals surface area contributed by atoms with Gasteiger partial charge in [-0.2, -0.15) is 0 Å². The topological polar surface area (TPSA) is 95.0 Å². The van der Waals surface area contributed by atoms with E-state index in [4.69, 9.17) is 14.2 Å². The summed E-state index contributed by atoms with van der Waals surface area (Å²) in [5.74, 6) is 6.05. The average molecular weight is 600 g/mol. The summed E-state index contributed by atoms with van der Waals surface area (Å²) >= 11 is 1.48. The van der Waals surface area contributed by atoms with E-state index in [1.807, 2.05) is 18.2 Å². The number of aliphatic hydroxyl groups is 1. The second kappa shape index (κ2) is 21.0. The summed E-state index contributed by atoms with van der Waals surface area (Å²) in [4.78, 5) is 29.3. The van der Waals surface area contributed by atoms with E-state index in [0.717, 1.165) is 23.1 Å². The third-order valence-corrected chi connectivity index (χ3v) is 8.26. The van der Waals surface area contributed by atoms with Gasteiger partial charge < -0.3 is 19.3 Å². The predicted molar refractivity (Wildman–Crippen MR) is 170 cm³/mol. The monoisotopic (exact) mass is 599 g/mol. The Morgan fingerprint density at radius 2 is 1.64 bits per heavy atom. The Bertz CT molecular complexity index is 1160. The molecule has 2 rings (SSSR count). The molecular formula is C34H49NO6S. The molecule has 1 N–H and O–H groups in total. The molecule has 0 aliphatic heterocycles. The average Bonchev–Trinajstić information content (AvgIpc) is 2.99. The van der Waals surface area contributed by atoms with Crippen LogP contribution in [0.3, 0.4) is 0 Å². The summed E-state index contributed by atoms with van der Waals surface area (Å²) in [6.45, 7) is 4.39. The molecule has 0 saturated carbocycles. The number of benzene rings is 1. The van der Waals surface area contributed by atoms with E-state index in [-0.39, 0.29) is 29.1 Å². The van der Waals surface area contributed by atoms with E-state index < -0.39 is 12.1 Å². The molecule has 0 aliphatic carbocycles. The van der Waals surface area contributed by atoms with Crippen molar-refractivity contribution in [2.24, 2.45) is 0 Å². The Morgan fingerprint density at radius 3 is 2.29 bits per heavy atom. The third kappa shape index (κ3) is 13.0. The first kappa shape index (κ1) is 35.4. The largest absolute Gasteiger partial charge is 0.480 e. The maximum Gasteiger partial charge on any atom is 0.343 e. The molecule has 1 aromatic carbocycles. The highest BCUT2D eigenvalue weighted by molar-refractivity contribution is 8.00. The van der Waals surface area contributed by atoms with Crippen molar-refractivity contribution in [1.82, 2.24) is 4.98 Å². The number of nitrogens with zero attached hydrogens (tertiary/aromatic N) is 1. The first-order chi connectivity index (χ1) is 20.4. The molecule has 1 aromatic heterocycles. The van der Waals surface area contributed by atoms with Crippen molar-refractivity contribution in [2.45, 2.75) is 120 Å². The molecule has 0 radical (unpaired) electrons. The van der Waals surface area contributed by atoms with Crippen LogP contribution >= 0.6 is 11.8 Å². The SMILES string of the molecule is CCCCCCCCCCCCC#C[C@@H](Sc1ccc2cc(C(=O)OC)c(OC)nc2c1)[C@@H](O)CCCC(=O)OCC. The Balaban J connectivity index is 2.02. The van der Waals surface area contributed by atoms with Gasteiger partial charge in [0.15, 0.2) is 0 Å². The van der Waals surface area contributed by atoms with Crippen molar-refractivity contribution in [3.63, 3.8) is 0 Å². The molecule has 0 amide bonds. The van der Waals surface area contributed by atoms with E-state index in [1.165, 1.54) is 83.8 Å². The minimum atomic E-state index is -0.704. The maximum absolute atomic E-state index is 12.1. The zero-order valence-corrected chi connectivity index (χ0v) is 26.7. The van der Waals surface area contributed by atoms with E-state index in [9.17, 15) is 14.7 Å². The van der Waals surface area contributed by atoms with Gasteiger partial charge in [0.1, 0.15) is 5.56 Å². The van der Waals surface area contributed by atoms with Crippen molar-refractivity contribution in [2.75, 3.05) is 20.8 Å². The van der Waals surface area contributed by atoms with Gasteiger partial charge in [0.2, 0.25) is 5.88 Å². The molecule has 2 aromatic rings. The fraction of sp³-hybridized carbons (Fsp3) is 0.618. The van der Waals surface area contributed by atoms with Crippen molar-refractivity contribution >= 4 is 34.6 Å². The molecule has 1 heterocycles. The molecule has 0 saturated heterocycles. The van der Waals surface area contributed by atoms with Crippen molar-refractivity contribution in [1.29, 1.82) is 0 Å². The zero-order chi connectivity index (χ0) is 30.6. The van der Waals surface area contributed by atoms with Crippen LogP contribution in [0.25, 0.3) is 10.9 Å². The zero-order valence-electron chi connectivity index (χ0n) is 25.9. The predicted octanol–water partition coefficient (Wildman–Crippen LogP) is 7.90. The van der Waals surface area contributed by atoms with Gasteiger partial charge in [0.25, 0.3) is 0 Å². The number of fused-ring (bicyclic) bond motifs is 1. The van der Waals surface area contributed by atoms with Gasteiger partial charge in [0, 0.05) is 23.1 Å². The highest BCUT2D eigenvalue weighted by atomic mass is 32.2. The Morgan fingerprint density at radius 1 is 0.952 bits per heavy atom. The molecule has 0 bridgehead atoms. The summed E-state index contributed by atoms with van der Waals surface area (Å²) in [5.41, 5.74) is 0.930. The number of carbonyl (C=O) groups is 2. The third-order valence-electron chi connectivity index (χ3n) is 7.05. The highest BCUT2D eigenvalue weighted by Gasteiger charge is 2.20. The molecule has 8 heteroatoms. The highest BCUT2D eigenvalue weighted by Crippen LogP contribution is 2.31. The van der Waals surface area contributed by atoms with Crippen LogP contribution in [0.5, 0.6) is 5.88 Å². The van der Waals surface area contributed by atoms with E-state index >= 15 is 0 Å². The van der Waals surface area contributed by atoms with Gasteiger partial charge in [0.05, 0.1) is 37.7 Å². The number of hydrogen-bond donors (Lipinski definition) is 1. The summed E-state index contributed by atoms with van der Waals surface area (Å²) < 4.78 is 15.2. The lowest BCUT2D eigenvalue weighted by Gasteiger charge is -2.18. The van der Waals surface area contributed by atoms with E-state index in [1.54, 1.807) is 13.0 Å². The lowest BCUT2D eigenvalue weighted by molar-refractivity contribution is -0.143. The Labute approximate surface area is 256 Å². The van der Waals surface area contributed by atoms with Crippen LogP contribution in [0.4, 0.5) is 0 Å². The van der Waals surface area contributed by atoms with Gasteiger partial charge in [-0.3, -0.25) is 4.79 Å². The number of hydrogen-bond acceptors (Lipinski definition) is 8. The number of carbonyl (C=O) groups excluding carboxylic acids is 2. The van der Waals surface area contributed by atoms with Gasteiger partial charge in [-0.25, -0.2) is 9.78 Å². The number of rotatable bonds is 20. The molecule has 2 atom stereocenters. The molecule has 0 spiro atoms. The summed E-state index contributed by atoms with van der Waals surface area (Å²) in [7, 11) is 2.79. The Hall–Kier alpha value is -2.76. The van der Waals surface area contributed by atoms with Crippen LogP contribution in [0.1, 0.15) is 114 Å². The molecule has 0 aliphatic rings. The number of methoxy groups -OCH3 is 2. The molecule has 0 fully saturated rings.